The van der Waals surface area contributed by atoms with Gasteiger partial charge in [0.15, 0.2) is 11.5 Å². The SMILES string of the molecule is COc1ccc(S(=O)(=O)NC(C)C)cc1NC(=O)CN(c1ccccc1)S(=O)(=O)c1ccc(OC)c(OC)c1. The lowest BCUT2D eigenvalue weighted by molar-refractivity contribution is -0.114. The predicted octanol–water partition coefficient (Wildman–Crippen LogP) is 3.23. The van der Waals surface area contributed by atoms with E-state index >= 15 is 0 Å². The number of ether oxygens (including phenoxy) is 3. The van der Waals surface area contributed by atoms with Crippen molar-refractivity contribution in [3.8, 4) is 17.2 Å². The summed E-state index contributed by atoms with van der Waals surface area (Å²) in [6, 6.07) is 15.9. The highest BCUT2D eigenvalue weighted by molar-refractivity contribution is 7.92. The molecule has 0 aliphatic carbocycles. The lowest BCUT2D eigenvalue weighted by Crippen LogP contribution is -2.38. The van der Waals surface area contributed by atoms with Gasteiger partial charge in [-0.05, 0) is 56.3 Å². The number of hydrogen-bond acceptors (Lipinski definition) is 8. The highest BCUT2D eigenvalue weighted by Crippen LogP contribution is 2.33. The summed E-state index contributed by atoms with van der Waals surface area (Å²) >= 11 is 0. The van der Waals surface area contributed by atoms with Gasteiger partial charge in [0.1, 0.15) is 12.3 Å². The zero-order valence-corrected chi connectivity index (χ0v) is 23.8. The second kappa shape index (κ2) is 12.4. The maximum Gasteiger partial charge on any atom is 0.264 e. The van der Waals surface area contributed by atoms with Crippen LogP contribution in [0.3, 0.4) is 0 Å². The van der Waals surface area contributed by atoms with Crippen LogP contribution in [-0.4, -0.2) is 56.7 Å². The Hall–Kier alpha value is -3.81. The highest BCUT2D eigenvalue weighted by atomic mass is 32.2. The van der Waals surface area contributed by atoms with Crippen molar-refractivity contribution in [3.05, 3.63) is 66.7 Å². The Kier molecular flexibility index (Phi) is 9.43. The van der Waals surface area contributed by atoms with Crippen molar-refractivity contribution in [2.75, 3.05) is 37.5 Å². The minimum Gasteiger partial charge on any atom is -0.495 e. The quantitative estimate of drug-likeness (QED) is 0.334. The van der Waals surface area contributed by atoms with Crippen molar-refractivity contribution in [2.24, 2.45) is 0 Å². The van der Waals surface area contributed by atoms with Gasteiger partial charge in [0.2, 0.25) is 15.9 Å². The summed E-state index contributed by atoms with van der Waals surface area (Å²) in [5.41, 5.74) is 0.303. The fourth-order valence-electron chi connectivity index (χ4n) is 3.66. The molecule has 0 aromatic heterocycles. The third-order valence-electron chi connectivity index (χ3n) is 5.42. The molecule has 0 atom stereocenters. The molecule has 2 N–H and O–H groups in total. The van der Waals surface area contributed by atoms with Crippen LogP contribution in [0, 0.1) is 0 Å². The van der Waals surface area contributed by atoms with Gasteiger partial charge in [0.05, 0.1) is 42.5 Å². The molecule has 0 bridgehead atoms. The Morgan fingerprint density at radius 3 is 1.97 bits per heavy atom. The Balaban J connectivity index is 1.99. The Morgan fingerprint density at radius 2 is 1.38 bits per heavy atom. The maximum absolute atomic E-state index is 13.7. The molecule has 0 aliphatic heterocycles. The molecule has 0 saturated heterocycles. The topological polar surface area (TPSA) is 140 Å². The lowest BCUT2D eigenvalue weighted by Gasteiger charge is -2.24. The number of anilines is 2. The average molecular weight is 578 g/mol. The number of methoxy groups -OCH3 is 3. The molecule has 0 saturated carbocycles. The summed E-state index contributed by atoms with van der Waals surface area (Å²) in [6.45, 7) is 2.74. The van der Waals surface area contributed by atoms with Gasteiger partial charge in [-0.3, -0.25) is 9.10 Å². The van der Waals surface area contributed by atoms with Crippen LogP contribution in [0.2, 0.25) is 0 Å². The van der Waals surface area contributed by atoms with Crippen molar-refractivity contribution < 1.29 is 35.8 Å². The predicted molar refractivity (Wildman–Crippen MR) is 148 cm³/mol. The van der Waals surface area contributed by atoms with Crippen LogP contribution in [0.1, 0.15) is 13.8 Å². The second-order valence-corrected chi connectivity index (χ2v) is 12.1. The number of carbonyl (C=O) groups excluding carboxylic acids is 1. The molecule has 39 heavy (non-hydrogen) atoms. The first-order valence-electron chi connectivity index (χ1n) is 11.7. The first kappa shape index (κ1) is 29.7. The summed E-state index contributed by atoms with van der Waals surface area (Å²) in [5.74, 6) is 0.0107. The van der Waals surface area contributed by atoms with Crippen LogP contribution >= 0.6 is 0 Å². The molecule has 11 nitrogen and oxygen atoms in total. The van der Waals surface area contributed by atoms with Gasteiger partial charge in [-0.15, -0.1) is 0 Å². The smallest absolute Gasteiger partial charge is 0.264 e. The van der Waals surface area contributed by atoms with E-state index in [0.717, 1.165) is 4.31 Å². The molecule has 3 aromatic rings. The average Bonchev–Trinajstić information content (AvgIpc) is 2.90. The standard InChI is InChI=1S/C26H31N3O8S2/c1-18(2)28-38(31,32)20-11-13-23(35-3)22(15-20)27-26(30)17-29(19-9-7-6-8-10-19)39(33,34)21-12-14-24(36-4)25(16-21)37-5/h6-16,18,28H,17H2,1-5H3,(H,27,30). The van der Waals surface area contributed by atoms with E-state index in [1.807, 2.05) is 0 Å². The second-order valence-electron chi connectivity index (χ2n) is 8.55. The number of rotatable bonds is 12. The highest BCUT2D eigenvalue weighted by Gasteiger charge is 2.29. The van der Waals surface area contributed by atoms with Crippen molar-refractivity contribution in [1.29, 1.82) is 0 Å². The van der Waals surface area contributed by atoms with Crippen molar-refractivity contribution in [3.63, 3.8) is 0 Å². The van der Waals surface area contributed by atoms with Gasteiger partial charge in [-0.1, -0.05) is 18.2 Å². The van der Waals surface area contributed by atoms with Gasteiger partial charge in [-0.2, -0.15) is 0 Å². The van der Waals surface area contributed by atoms with Crippen molar-refractivity contribution in [1.82, 2.24) is 4.72 Å². The van der Waals surface area contributed by atoms with E-state index < -0.39 is 32.5 Å². The summed E-state index contributed by atoms with van der Waals surface area (Å²) in [6.07, 6.45) is 0. The maximum atomic E-state index is 13.7. The number of benzene rings is 3. The number of carbonyl (C=O) groups is 1. The van der Waals surface area contributed by atoms with E-state index in [2.05, 4.69) is 10.0 Å². The number of nitrogens with one attached hydrogen (secondary N) is 2. The molecule has 0 radical (unpaired) electrons. The first-order valence-corrected chi connectivity index (χ1v) is 14.6. The van der Waals surface area contributed by atoms with E-state index in [9.17, 15) is 21.6 Å². The molecule has 210 valence electrons. The summed E-state index contributed by atoms with van der Waals surface area (Å²) < 4.78 is 71.9. The van der Waals surface area contributed by atoms with Gasteiger partial charge >= 0.3 is 0 Å². The molecule has 1 amide bonds. The number of para-hydroxylation sites is 1. The summed E-state index contributed by atoms with van der Waals surface area (Å²) in [5, 5.41) is 2.58. The molecule has 0 heterocycles. The molecule has 13 heteroatoms. The van der Waals surface area contributed by atoms with Crippen LogP contribution in [0.15, 0.2) is 76.5 Å². The third-order valence-corrected chi connectivity index (χ3v) is 8.85. The lowest BCUT2D eigenvalue weighted by atomic mass is 10.3. The zero-order valence-electron chi connectivity index (χ0n) is 22.2. The minimum atomic E-state index is -4.26. The Labute approximate surface area is 228 Å². The monoisotopic (exact) mass is 577 g/mol. The molecule has 3 aromatic carbocycles. The van der Waals surface area contributed by atoms with Gasteiger partial charge in [0.25, 0.3) is 10.0 Å². The number of sulfonamides is 2. The minimum absolute atomic E-state index is 0.0608. The summed E-state index contributed by atoms with van der Waals surface area (Å²) in [4.78, 5) is 13.0. The van der Waals surface area contributed by atoms with E-state index in [0.29, 0.717) is 5.75 Å². The van der Waals surface area contributed by atoms with E-state index in [1.54, 1.807) is 44.2 Å². The van der Waals surface area contributed by atoms with Gasteiger partial charge in [0, 0.05) is 12.1 Å². The molecule has 0 fully saturated rings. The van der Waals surface area contributed by atoms with Crippen LogP contribution < -0.4 is 28.6 Å². The van der Waals surface area contributed by atoms with Gasteiger partial charge in [-0.25, -0.2) is 21.6 Å². The van der Waals surface area contributed by atoms with Crippen LogP contribution in [0.5, 0.6) is 17.2 Å². The fraction of sp³-hybridized carbons (Fsp3) is 0.269. The third kappa shape index (κ3) is 6.99. The number of hydrogen-bond donors (Lipinski definition) is 2. The molecule has 3 rings (SSSR count). The summed E-state index contributed by atoms with van der Waals surface area (Å²) in [7, 11) is -3.95. The van der Waals surface area contributed by atoms with E-state index in [-0.39, 0.29) is 38.7 Å². The molecule has 0 unspecified atom stereocenters. The molecular weight excluding hydrogens is 546 g/mol. The fourth-order valence-corrected chi connectivity index (χ4v) is 6.38. The van der Waals surface area contributed by atoms with Crippen LogP contribution in [-0.2, 0) is 24.8 Å². The normalized spacial score (nSPS) is 11.6. The molecular formula is C26H31N3O8S2. The number of amides is 1. The van der Waals surface area contributed by atoms with E-state index in [4.69, 9.17) is 14.2 Å². The van der Waals surface area contributed by atoms with E-state index in [1.165, 1.54) is 57.7 Å². The molecule has 0 spiro atoms. The van der Waals surface area contributed by atoms with Crippen LogP contribution in [0.4, 0.5) is 11.4 Å². The van der Waals surface area contributed by atoms with Gasteiger partial charge < -0.3 is 19.5 Å². The largest absolute Gasteiger partial charge is 0.495 e. The van der Waals surface area contributed by atoms with Crippen molar-refractivity contribution >= 4 is 37.3 Å². The molecule has 0 aliphatic rings. The number of nitrogens with zero attached hydrogens (tertiary/aromatic N) is 1. The zero-order chi connectivity index (χ0) is 28.8. The Morgan fingerprint density at radius 1 is 0.795 bits per heavy atom. The van der Waals surface area contributed by atoms with Crippen molar-refractivity contribution in [2.45, 2.75) is 29.7 Å². The Bertz CT molecular complexity index is 1530. The first-order chi connectivity index (χ1) is 18.4. The van der Waals surface area contributed by atoms with Crippen LogP contribution in [0.25, 0.3) is 0 Å².